The first kappa shape index (κ1) is 13.6. The average Bonchev–Trinajstić information content (AvgIpc) is 2.14. The van der Waals surface area contributed by atoms with Gasteiger partial charge in [-0.2, -0.15) is 13.2 Å². The summed E-state index contributed by atoms with van der Waals surface area (Å²) in [4.78, 5) is 11.5. The number of nitro groups is 1. The van der Waals surface area contributed by atoms with Crippen molar-refractivity contribution in [3.63, 3.8) is 0 Å². The summed E-state index contributed by atoms with van der Waals surface area (Å²) in [6.07, 6.45) is -8.55. The number of hydrogen-bond donors (Lipinski definition) is 0. The standard InChI is InChI=1S/C7H2ClF5N2O2/c8-2-1-3(6(9)10)14-5(7(11,12)13)4(2)15(16)17/h1,6H. The molecule has 1 rings (SSSR count). The maximum atomic E-state index is 12.4. The molecule has 0 radical (unpaired) electrons. The fraction of sp³-hybridized carbons (Fsp3) is 0.286. The molecule has 1 heterocycles. The summed E-state index contributed by atoms with van der Waals surface area (Å²) in [5.74, 6) is 0. The van der Waals surface area contributed by atoms with Crippen molar-refractivity contribution in [3.8, 4) is 0 Å². The zero-order valence-corrected chi connectivity index (χ0v) is 8.39. The van der Waals surface area contributed by atoms with Crippen LogP contribution in [0.5, 0.6) is 0 Å². The smallest absolute Gasteiger partial charge is 0.258 e. The summed E-state index contributed by atoms with van der Waals surface area (Å²) in [6.45, 7) is 0. The lowest BCUT2D eigenvalue weighted by Gasteiger charge is -2.09. The van der Waals surface area contributed by atoms with Crippen molar-refractivity contribution in [3.05, 3.63) is 32.6 Å². The highest BCUT2D eigenvalue weighted by molar-refractivity contribution is 6.32. The third-order valence-corrected chi connectivity index (χ3v) is 1.93. The topological polar surface area (TPSA) is 56.0 Å². The predicted molar refractivity (Wildman–Crippen MR) is 45.9 cm³/mol. The molecule has 17 heavy (non-hydrogen) atoms. The molecule has 0 saturated heterocycles. The number of halogens is 6. The number of alkyl halides is 5. The van der Waals surface area contributed by atoms with Gasteiger partial charge in [-0.05, 0) is 6.07 Å². The summed E-state index contributed by atoms with van der Waals surface area (Å²) in [5.41, 5.74) is -4.85. The van der Waals surface area contributed by atoms with Crippen LogP contribution in [0.4, 0.5) is 27.6 Å². The minimum Gasteiger partial charge on any atom is -0.258 e. The lowest BCUT2D eigenvalue weighted by molar-refractivity contribution is -0.388. The summed E-state index contributed by atoms with van der Waals surface area (Å²) >= 11 is 5.16. The summed E-state index contributed by atoms with van der Waals surface area (Å²) in [7, 11) is 0. The van der Waals surface area contributed by atoms with Gasteiger partial charge >= 0.3 is 11.9 Å². The maximum absolute atomic E-state index is 12.4. The Bertz CT molecular complexity index is 462. The van der Waals surface area contributed by atoms with Crippen molar-refractivity contribution in [2.45, 2.75) is 12.6 Å². The molecular weight excluding hydrogens is 275 g/mol. The molecular formula is C7H2ClF5N2O2. The Hall–Kier alpha value is -1.51. The third-order valence-electron chi connectivity index (χ3n) is 1.64. The van der Waals surface area contributed by atoms with E-state index in [4.69, 9.17) is 11.6 Å². The Morgan fingerprint density at radius 2 is 1.94 bits per heavy atom. The largest absolute Gasteiger partial charge is 0.440 e. The normalized spacial score (nSPS) is 11.9. The molecule has 10 heteroatoms. The van der Waals surface area contributed by atoms with Gasteiger partial charge in [0, 0.05) is 0 Å². The Balaban J connectivity index is 3.57. The highest BCUT2D eigenvalue weighted by atomic mass is 35.5. The zero-order chi connectivity index (χ0) is 13.4. The molecule has 0 amide bonds. The molecule has 94 valence electrons. The first-order valence-electron chi connectivity index (χ1n) is 3.84. The minimum absolute atomic E-state index is 0.333. The average molecular weight is 277 g/mol. The summed E-state index contributed by atoms with van der Waals surface area (Å²) < 4.78 is 61.5. The molecule has 0 aliphatic heterocycles. The van der Waals surface area contributed by atoms with Gasteiger partial charge in [0.1, 0.15) is 10.7 Å². The highest BCUT2D eigenvalue weighted by Gasteiger charge is 2.43. The van der Waals surface area contributed by atoms with E-state index in [2.05, 4.69) is 4.98 Å². The van der Waals surface area contributed by atoms with Crippen LogP contribution < -0.4 is 0 Å². The molecule has 0 aliphatic rings. The molecule has 0 aromatic carbocycles. The number of pyridine rings is 1. The fourth-order valence-corrected chi connectivity index (χ4v) is 1.28. The van der Waals surface area contributed by atoms with Crippen molar-refractivity contribution >= 4 is 17.3 Å². The molecule has 0 atom stereocenters. The van der Waals surface area contributed by atoms with E-state index in [0.29, 0.717) is 6.07 Å². The van der Waals surface area contributed by atoms with Crippen molar-refractivity contribution in [1.29, 1.82) is 0 Å². The second-order valence-corrected chi connectivity index (χ2v) is 3.19. The molecule has 0 unspecified atom stereocenters. The van der Waals surface area contributed by atoms with E-state index in [1.54, 1.807) is 0 Å². The van der Waals surface area contributed by atoms with Gasteiger partial charge in [0.05, 0.1) is 4.92 Å². The van der Waals surface area contributed by atoms with Crippen molar-refractivity contribution < 1.29 is 26.9 Å². The SMILES string of the molecule is O=[N+]([O-])c1c(Cl)cc(C(F)F)nc1C(F)(F)F. The first-order valence-corrected chi connectivity index (χ1v) is 4.22. The Morgan fingerprint density at radius 1 is 1.41 bits per heavy atom. The van der Waals surface area contributed by atoms with Gasteiger partial charge in [-0.3, -0.25) is 10.1 Å². The van der Waals surface area contributed by atoms with Crippen molar-refractivity contribution in [2.75, 3.05) is 0 Å². The number of nitrogens with zero attached hydrogens (tertiary/aromatic N) is 2. The van der Waals surface area contributed by atoms with Gasteiger partial charge in [0.25, 0.3) is 6.43 Å². The van der Waals surface area contributed by atoms with Crippen LogP contribution in [0, 0.1) is 10.1 Å². The van der Waals surface area contributed by atoms with E-state index in [0.717, 1.165) is 0 Å². The van der Waals surface area contributed by atoms with Crippen LogP contribution >= 0.6 is 11.6 Å². The number of aromatic nitrogens is 1. The first-order chi connectivity index (χ1) is 7.64. The molecule has 1 aromatic heterocycles. The van der Waals surface area contributed by atoms with Crippen LogP contribution in [-0.2, 0) is 6.18 Å². The molecule has 0 fully saturated rings. The molecule has 0 saturated carbocycles. The second-order valence-electron chi connectivity index (χ2n) is 2.78. The van der Waals surface area contributed by atoms with E-state index in [9.17, 15) is 32.1 Å². The van der Waals surface area contributed by atoms with E-state index in [1.165, 1.54) is 0 Å². The van der Waals surface area contributed by atoms with Gasteiger partial charge in [-0.25, -0.2) is 13.8 Å². The molecule has 0 bridgehead atoms. The molecule has 0 aliphatic carbocycles. The summed E-state index contributed by atoms with van der Waals surface area (Å²) in [5, 5.41) is 9.33. The number of hydrogen-bond acceptors (Lipinski definition) is 3. The van der Waals surface area contributed by atoms with Crippen LogP contribution in [0.2, 0.25) is 5.02 Å². The van der Waals surface area contributed by atoms with Crippen LogP contribution in [-0.4, -0.2) is 9.91 Å². The van der Waals surface area contributed by atoms with Gasteiger partial charge < -0.3 is 0 Å². The van der Waals surface area contributed by atoms with Gasteiger partial charge in [-0.1, -0.05) is 11.6 Å². The Kier molecular flexibility index (Phi) is 3.51. The number of rotatable bonds is 2. The summed E-state index contributed by atoms with van der Waals surface area (Å²) in [6, 6.07) is 0.333. The lowest BCUT2D eigenvalue weighted by Crippen LogP contribution is -2.13. The minimum atomic E-state index is -5.24. The van der Waals surface area contributed by atoms with E-state index in [-0.39, 0.29) is 0 Å². The van der Waals surface area contributed by atoms with Crippen LogP contribution in [0.15, 0.2) is 6.07 Å². The van der Waals surface area contributed by atoms with Crippen molar-refractivity contribution in [2.24, 2.45) is 0 Å². The van der Waals surface area contributed by atoms with Gasteiger partial charge in [0.2, 0.25) is 5.69 Å². The van der Waals surface area contributed by atoms with E-state index >= 15 is 0 Å². The fourth-order valence-electron chi connectivity index (χ4n) is 1.01. The maximum Gasteiger partial charge on any atom is 0.440 e. The van der Waals surface area contributed by atoms with Crippen LogP contribution in [0.1, 0.15) is 17.8 Å². The molecule has 0 spiro atoms. The zero-order valence-electron chi connectivity index (χ0n) is 7.63. The third kappa shape index (κ3) is 2.78. The molecule has 1 aromatic rings. The lowest BCUT2D eigenvalue weighted by atomic mass is 10.2. The Labute approximate surface area is 95.2 Å². The predicted octanol–water partition coefficient (Wildman–Crippen LogP) is 3.60. The molecule has 4 nitrogen and oxygen atoms in total. The van der Waals surface area contributed by atoms with Crippen molar-refractivity contribution in [1.82, 2.24) is 4.98 Å². The van der Waals surface area contributed by atoms with Gasteiger partial charge in [-0.15, -0.1) is 0 Å². The van der Waals surface area contributed by atoms with Crippen LogP contribution in [0.3, 0.4) is 0 Å². The second kappa shape index (κ2) is 4.40. The van der Waals surface area contributed by atoms with Crippen LogP contribution in [0.25, 0.3) is 0 Å². The van der Waals surface area contributed by atoms with E-state index < -0.39 is 39.6 Å². The molecule has 0 N–H and O–H groups in total. The quantitative estimate of drug-likeness (QED) is 0.471. The Morgan fingerprint density at radius 3 is 2.29 bits per heavy atom. The highest BCUT2D eigenvalue weighted by Crippen LogP contribution is 2.40. The monoisotopic (exact) mass is 276 g/mol. The van der Waals surface area contributed by atoms with Gasteiger partial charge in [0.15, 0.2) is 0 Å². The van der Waals surface area contributed by atoms with E-state index in [1.807, 2.05) is 0 Å².